The zero-order chi connectivity index (χ0) is 23.4. The van der Waals surface area contributed by atoms with Gasteiger partial charge >= 0.3 is 0 Å². The fraction of sp³-hybridized carbons (Fsp3) is 0.174. The zero-order valence-corrected chi connectivity index (χ0v) is 18.8. The van der Waals surface area contributed by atoms with Gasteiger partial charge in [-0.05, 0) is 37.3 Å². The standard InChI is InChI=1S/C23H21N3O6S/c1-15-12-21(32-26-15)17-6-7-20(30-2)22(14-17)33(28,29)11-9-23(27)25-18-5-3-4-16(13-18)19-8-10-24-31-19/h3-8,10,12-14H,9,11H2,1-2H3,(H,25,27). The molecule has 33 heavy (non-hydrogen) atoms. The van der Waals surface area contributed by atoms with Crippen molar-refractivity contribution in [1.29, 1.82) is 0 Å². The molecule has 2 heterocycles. The molecular weight excluding hydrogens is 446 g/mol. The van der Waals surface area contributed by atoms with Crippen molar-refractivity contribution < 1.29 is 27.0 Å². The Hall–Kier alpha value is -3.92. The second-order valence-electron chi connectivity index (χ2n) is 7.27. The van der Waals surface area contributed by atoms with Gasteiger partial charge in [-0.15, -0.1) is 0 Å². The van der Waals surface area contributed by atoms with Gasteiger partial charge in [0.05, 0.1) is 24.8 Å². The lowest BCUT2D eigenvalue weighted by molar-refractivity contribution is -0.115. The summed E-state index contributed by atoms with van der Waals surface area (Å²) in [6.07, 6.45) is 1.29. The van der Waals surface area contributed by atoms with Gasteiger partial charge in [-0.3, -0.25) is 4.79 Å². The van der Waals surface area contributed by atoms with E-state index in [2.05, 4.69) is 15.6 Å². The summed E-state index contributed by atoms with van der Waals surface area (Å²) in [5, 5.41) is 10.2. The molecule has 0 saturated heterocycles. The van der Waals surface area contributed by atoms with Crippen molar-refractivity contribution in [2.75, 3.05) is 18.2 Å². The Kier molecular flexibility index (Phi) is 6.27. The molecule has 0 spiro atoms. The van der Waals surface area contributed by atoms with E-state index >= 15 is 0 Å². The first-order valence-corrected chi connectivity index (χ1v) is 11.7. The molecule has 0 aliphatic heterocycles. The van der Waals surface area contributed by atoms with E-state index in [9.17, 15) is 13.2 Å². The number of sulfone groups is 1. The molecule has 0 radical (unpaired) electrons. The van der Waals surface area contributed by atoms with Crippen molar-refractivity contribution in [2.24, 2.45) is 0 Å². The molecule has 4 rings (SSSR count). The third kappa shape index (κ3) is 5.12. The van der Waals surface area contributed by atoms with Crippen molar-refractivity contribution in [3.63, 3.8) is 0 Å². The minimum absolute atomic E-state index is 0.0170. The SMILES string of the molecule is COc1ccc(-c2cc(C)no2)cc1S(=O)(=O)CCC(=O)Nc1cccc(-c2ccno2)c1. The van der Waals surface area contributed by atoms with Gasteiger partial charge in [0.1, 0.15) is 10.6 Å². The highest BCUT2D eigenvalue weighted by molar-refractivity contribution is 7.91. The predicted octanol–water partition coefficient (Wildman–Crippen LogP) is 4.12. The molecule has 9 nitrogen and oxygen atoms in total. The van der Waals surface area contributed by atoms with Crippen molar-refractivity contribution in [2.45, 2.75) is 18.2 Å². The number of aryl methyl sites for hydroxylation is 1. The minimum atomic E-state index is -3.83. The molecule has 170 valence electrons. The number of carbonyl (C=O) groups is 1. The van der Waals surface area contributed by atoms with Crippen molar-refractivity contribution in [3.05, 3.63) is 66.5 Å². The number of ether oxygens (including phenoxy) is 1. The maximum absolute atomic E-state index is 13.0. The third-order valence-electron chi connectivity index (χ3n) is 4.88. The van der Waals surface area contributed by atoms with E-state index in [0.29, 0.717) is 28.5 Å². The highest BCUT2D eigenvalue weighted by Gasteiger charge is 2.23. The summed E-state index contributed by atoms with van der Waals surface area (Å²) in [6.45, 7) is 1.77. The van der Waals surface area contributed by atoms with Gasteiger partial charge in [-0.2, -0.15) is 0 Å². The summed E-state index contributed by atoms with van der Waals surface area (Å²) >= 11 is 0. The van der Waals surface area contributed by atoms with E-state index in [1.165, 1.54) is 19.4 Å². The minimum Gasteiger partial charge on any atom is -0.495 e. The fourth-order valence-corrected chi connectivity index (χ4v) is 4.69. The van der Waals surface area contributed by atoms with Gasteiger partial charge in [0, 0.05) is 35.4 Å². The van der Waals surface area contributed by atoms with Crippen LogP contribution in [0.4, 0.5) is 5.69 Å². The number of hydrogen-bond acceptors (Lipinski definition) is 8. The van der Waals surface area contributed by atoms with E-state index in [4.69, 9.17) is 13.8 Å². The molecule has 2 aromatic carbocycles. The van der Waals surface area contributed by atoms with E-state index < -0.39 is 21.5 Å². The lowest BCUT2D eigenvalue weighted by Gasteiger charge is -2.11. The molecule has 1 amide bonds. The van der Waals surface area contributed by atoms with E-state index in [1.807, 2.05) is 6.07 Å². The molecule has 2 aromatic heterocycles. The summed E-state index contributed by atoms with van der Waals surface area (Å²) < 4.78 is 41.7. The van der Waals surface area contributed by atoms with Gasteiger partial charge in [-0.25, -0.2) is 8.42 Å². The van der Waals surface area contributed by atoms with Gasteiger partial charge in [0.2, 0.25) is 5.91 Å². The summed E-state index contributed by atoms with van der Waals surface area (Å²) in [5.74, 6) is 0.360. The predicted molar refractivity (Wildman–Crippen MR) is 120 cm³/mol. The number of carbonyl (C=O) groups excluding carboxylic acids is 1. The quantitative estimate of drug-likeness (QED) is 0.410. The number of aromatic nitrogens is 2. The second kappa shape index (κ2) is 9.29. The average molecular weight is 468 g/mol. The molecule has 1 N–H and O–H groups in total. The molecule has 0 aliphatic carbocycles. The van der Waals surface area contributed by atoms with Crippen LogP contribution >= 0.6 is 0 Å². The smallest absolute Gasteiger partial charge is 0.225 e. The number of methoxy groups -OCH3 is 1. The first kappa shape index (κ1) is 22.3. The second-order valence-corrected chi connectivity index (χ2v) is 9.35. The van der Waals surface area contributed by atoms with Crippen LogP contribution < -0.4 is 10.1 Å². The van der Waals surface area contributed by atoms with Gasteiger partial charge in [0.25, 0.3) is 0 Å². The van der Waals surface area contributed by atoms with E-state index in [-0.39, 0.29) is 17.1 Å². The summed E-state index contributed by atoms with van der Waals surface area (Å²) in [7, 11) is -2.44. The third-order valence-corrected chi connectivity index (χ3v) is 6.61. The number of anilines is 1. The first-order chi connectivity index (χ1) is 15.9. The van der Waals surface area contributed by atoms with Crippen LogP contribution in [0.25, 0.3) is 22.6 Å². The average Bonchev–Trinajstić information content (AvgIpc) is 3.50. The topological polar surface area (TPSA) is 125 Å². The number of hydrogen-bond donors (Lipinski definition) is 1. The van der Waals surface area contributed by atoms with Crippen LogP contribution in [0, 0.1) is 6.92 Å². The summed E-state index contributed by atoms with van der Waals surface area (Å²) in [5.41, 5.74) is 2.48. The van der Waals surface area contributed by atoms with Crippen LogP contribution in [0.1, 0.15) is 12.1 Å². The summed E-state index contributed by atoms with van der Waals surface area (Å²) in [4.78, 5) is 12.5. The van der Waals surface area contributed by atoms with E-state index in [1.54, 1.807) is 49.4 Å². The number of nitrogens with one attached hydrogen (secondary N) is 1. The van der Waals surface area contributed by atoms with Crippen LogP contribution in [0.5, 0.6) is 5.75 Å². The maximum atomic E-state index is 13.0. The highest BCUT2D eigenvalue weighted by Crippen LogP contribution is 2.31. The number of benzene rings is 2. The van der Waals surface area contributed by atoms with Crippen LogP contribution in [-0.4, -0.2) is 37.5 Å². The normalized spacial score (nSPS) is 11.3. The molecular formula is C23H21N3O6S. The zero-order valence-electron chi connectivity index (χ0n) is 17.9. The van der Waals surface area contributed by atoms with Crippen molar-refractivity contribution >= 4 is 21.4 Å². The Morgan fingerprint density at radius 1 is 1.03 bits per heavy atom. The molecule has 0 atom stereocenters. The highest BCUT2D eigenvalue weighted by atomic mass is 32.2. The Labute approximate surface area is 190 Å². The molecule has 0 fully saturated rings. The lowest BCUT2D eigenvalue weighted by Crippen LogP contribution is -2.18. The van der Waals surface area contributed by atoms with Crippen molar-refractivity contribution in [3.8, 4) is 28.4 Å². The van der Waals surface area contributed by atoms with Gasteiger partial charge < -0.3 is 19.1 Å². The van der Waals surface area contributed by atoms with Crippen LogP contribution in [0.15, 0.2) is 74.7 Å². The van der Waals surface area contributed by atoms with E-state index in [0.717, 1.165) is 5.56 Å². The Morgan fingerprint density at radius 2 is 1.85 bits per heavy atom. The largest absolute Gasteiger partial charge is 0.495 e. The monoisotopic (exact) mass is 467 g/mol. The Bertz CT molecular complexity index is 1380. The molecule has 4 aromatic rings. The first-order valence-electron chi connectivity index (χ1n) is 10.0. The molecule has 0 bridgehead atoms. The van der Waals surface area contributed by atoms with Gasteiger partial charge in [-0.1, -0.05) is 22.4 Å². The van der Waals surface area contributed by atoms with Crippen molar-refractivity contribution in [1.82, 2.24) is 10.3 Å². The lowest BCUT2D eigenvalue weighted by atomic mass is 10.1. The van der Waals surface area contributed by atoms with Crippen LogP contribution in [-0.2, 0) is 14.6 Å². The maximum Gasteiger partial charge on any atom is 0.225 e. The fourth-order valence-electron chi connectivity index (χ4n) is 3.25. The molecule has 10 heteroatoms. The molecule has 0 unspecified atom stereocenters. The Morgan fingerprint density at radius 3 is 2.55 bits per heavy atom. The summed E-state index contributed by atoms with van der Waals surface area (Å²) in [6, 6.07) is 15.1. The van der Waals surface area contributed by atoms with Gasteiger partial charge in [0.15, 0.2) is 21.4 Å². The van der Waals surface area contributed by atoms with Crippen LogP contribution in [0.3, 0.4) is 0 Å². The molecule has 0 saturated carbocycles. The number of nitrogens with zero attached hydrogens (tertiary/aromatic N) is 2. The number of rotatable bonds is 8. The Balaban J connectivity index is 1.48. The van der Waals surface area contributed by atoms with Crippen LogP contribution in [0.2, 0.25) is 0 Å². The molecule has 0 aliphatic rings. The number of amides is 1.